The van der Waals surface area contributed by atoms with Crippen LogP contribution >= 0.6 is 11.3 Å². The van der Waals surface area contributed by atoms with E-state index in [9.17, 15) is 8.42 Å². The number of anilines is 1. The molecule has 0 fully saturated rings. The molecule has 24 heavy (non-hydrogen) atoms. The van der Waals surface area contributed by atoms with Crippen molar-refractivity contribution >= 4 is 27.0 Å². The highest BCUT2D eigenvalue weighted by atomic mass is 32.2. The van der Waals surface area contributed by atoms with Crippen LogP contribution in [0.1, 0.15) is 17.5 Å². The average Bonchev–Trinajstić information content (AvgIpc) is 3.10. The van der Waals surface area contributed by atoms with Crippen LogP contribution in [0.2, 0.25) is 0 Å². The molecule has 130 valence electrons. The average molecular weight is 367 g/mol. The van der Waals surface area contributed by atoms with Crippen LogP contribution in [-0.2, 0) is 22.9 Å². The Hall–Kier alpha value is -1.57. The van der Waals surface area contributed by atoms with E-state index in [1.807, 2.05) is 6.07 Å². The van der Waals surface area contributed by atoms with Gasteiger partial charge in [0.05, 0.1) is 12.8 Å². The second kappa shape index (κ2) is 6.74. The highest BCUT2D eigenvalue weighted by Crippen LogP contribution is 2.36. The molecule has 7 heteroatoms. The standard InChI is InChI=1S/C17H22N2O3S2/c1-19(2)12-6-7-13-14(11-12)16(22-3)9-8-15(13)18-24(20,21)17-5-4-10-23-17/h4-5,8-10,12,18H,6-7,11H2,1-3H3. The van der Waals surface area contributed by atoms with Gasteiger partial charge < -0.3 is 9.64 Å². The molecule has 1 heterocycles. The van der Waals surface area contributed by atoms with Crippen LogP contribution in [-0.4, -0.2) is 40.6 Å². The van der Waals surface area contributed by atoms with E-state index < -0.39 is 10.0 Å². The number of nitrogens with zero attached hydrogens (tertiary/aromatic N) is 1. The molecule has 1 aromatic carbocycles. The first-order valence-electron chi connectivity index (χ1n) is 7.84. The van der Waals surface area contributed by atoms with Gasteiger partial charge in [-0.05, 0) is 62.5 Å². The third-order valence-electron chi connectivity index (χ3n) is 4.51. The number of hydrogen-bond donors (Lipinski definition) is 1. The van der Waals surface area contributed by atoms with Crippen molar-refractivity contribution in [2.45, 2.75) is 29.5 Å². The lowest BCUT2D eigenvalue weighted by Gasteiger charge is -2.32. The maximum absolute atomic E-state index is 12.5. The highest BCUT2D eigenvalue weighted by Gasteiger charge is 2.27. The number of thiophene rings is 1. The van der Waals surface area contributed by atoms with E-state index in [4.69, 9.17) is 4.74 Å². The molecule has 0 bridgehead atoms. The number of rotatable bonds is 5. The summed E-state index contributed by atoms with van der Waals surface area (Å²) in [5, 5.41) is 1.76. The quantitative estimate of drug-likeness (QED) is 0.884. The number of nitrogens with one attached hydrogen (secondary N) is 1. The van der Waals surface area contributed by atoms with Gasteiger partial charge in [0.1, 0.15) is 9.96 Å². The first-order valence-corrected chi connectivity index (χ1v) is 10.2. The molecule has 0 saturated heterocycles. The predicted octanol–water partition coefficient (Wildman–Crippen LogP) is 2.98. The third-order valence-corrected chi connectivity index (χ3v) is 7.27. The maximum atomic E-state index is 12.5. The Balaban J connectivity index is 1.98. The molecule has 0 aliphatic heterocycles. The minimum atomic E-state index is -3.54. The molecule has 0 saturated carbocycles. The van der Waals surface area contributed by atoms with Crippen LogP contribution in [0.15, 0.2) is 33.9 Å². The first kappa shape index (κ1) is 17.3. The number of hydrogen-bond acceptors (Lipinski definition) is 5. The smallest absolute Gasteiger partial charge is 0.271 e. The predicted molar refractivity (Wildman–Crippen MR) is 97.6 cm³/mol. The topological polar surface area (TPSA) is 58.6 Å². The van der Waals surface area contributed by atoms with Gasteiger partial charge in [-0.25, -0.2) is 8.42 Å². The van der Waals surface area contributed by atoms with Gasteiger partial charge in [-0.15, -0.1) is 11.3 Å². The van der Waals surface area contributed by atoms with E-state index in [1.165, 1.54) is 11.3 Å². The molecule has 0 amide bonds. The van der Waals surface area contributed by atoms with Gasteiger partial charge in [0.25, 0.3) is 10.0 Å². The van der Waals surface area contributed by atoms with Crippen molar-refractivity contribution in [3.8, 4) is 5.75 Å². The van der Waals surface area contributed by atoms with E-state index in [2.05, 4.69) is 23.7 Å². The Kier molecular flexibility index (Phi) is 4.85. The molecule has 1 N–H and O–H groups in total. The number of fused-ring (bicyclic) bond motifs is 1. The summed E-state index contributed by atoms with van der Waals surface area (Å²) in [6.07, 6.45) is 2.69. The van der Waals surface area contributed by atoms with Gasteiger partial charge in [0.15, 0.2) is 0 Å². The molecule has 3 rings (SSSR count). The summed E-state index contributed by atoms with van der Waals surface area (Å²) in [5.41, 5.74) is 2.82. The summed E-state index contributed by atoms with van der Waals surface area (Å²) >= 11 is 1.22. The van der Waals surface area contributed by atoms with Gasteiger partial charge in [-0.1, -0.05) is 6.07 Å². The van der Waals surface area contributed by atoms with Crippen LogP contribution in [0, 0.1) is 0 Å². The van der Waals surface area contributed by atoms with E-state index in [0.29, 0.717) is 15.9 Å². The van der Waals surface area contributed by atoms with Crippen LogP contribution in [0.4, 0.5) is 5.69 Å². The summed E-state index contributed by atoms with van der Waals surface area (Å²) in [6, 6.07) is 7.45. The van der Waals surface area contributed by atoms with Crippen molar-refractivity contribution < 1.29 is 13.2 Å². The Morgan fingerprint density at radius 1 is 1.25 bits per heavy atom. The second-order valence-corrected chi connectivity index (χ2v) is 9.03. The fourth-order valence-electron chi connectivity index (χ4n) is 3.17. The fraction of sp³-hybridized carbons (Fsp3) is 0.412. The third kappa shape index (κ3) is 3.29. The number of sulfonamides is 1. The molecule has 1 unspecified atom stereocenters. The molecule has 1 aliphatic rings. The van der Waals surface area contributed by atoms with E-state index in [-0.39, 0.29) is 0 Å². The van der Waals surface area contributed by atoms with Gasteiger partial charge in [0, 0.05) is 11.6 Å². The van der Waals surface area contributed by atoms with Crippen LogP contribution in [0.25, 0.3) is 0 Å². The Bertz CT molecular complexity index is 815. The van der Waals surface area contributed by atoms with E-state index in [0.717, 1.165) is 36.1 Å². The van der Waals surface area contributed by atoms with Crippen molar-refractivity contribution in [3.63, 3.8) is 0 Å². The summed E-state index contributed by atoms with van der Waals surface area (Å²) in [4.78, 5) is 2.21. The first-order chi connectivity index (χ1) is 11.4. The van der Waals surface area contributed by atoms with Crippen LogP contribution in [0.3, 0.4) is 0 Å². The Morgan fingerprint density at radius 2 is 2.04 bits per heavy atom. The van der Waals surface area contributed by atoms with Crippen LogP contribution < -0.4 is 9.46 Å². The maximum Gasteiger partial charge on any atom is 0.271 e. The number of likely N-dealkylation sites (N-methyl/N-ethyl adjacent to an activating group) is 1. The van der Waals surface area contributed by atoms with Gasteiger partial charge >= 0.3 is 0 Å². The second-order valence-electron chi connectivity index (χ2n) is 6.17. The van der Waals surface area contributed by atoms with E-state index >= 15 is 0 Å². The zero-order valence-corrected chi connectivity index (χ0v) is 15.7. The summed E-state index contributed by atoms with van der Waals surface area (Å²) in [5.74, 6) is 0.829. The minimum Gasteiger partial charge on any atom is -0.496 e. The van der Waals surface area contributed by atoms with Crippen molar-refractivity contribution in [3.05, 3.63) is 40.8 Å². The van der Waals surface area contributed by atoms with Crippen molar-refractivity contribution in [1.82, 2.24) is 4.90 Å². The largest absolute Gasteiger partial charge is 0.496 e. The van der Waals surface area contributed by atoms with E-state index in [1.54, 1.807) is 30.7 Å². The van der Waals surface area contributed by atoms with Crippen molar-refractivity contribution in [2.75, 3.05) is 25.9 Å². The molecule has 1 aliphatic carbocycles. The molecule has 0 radical (unpaired) electrons. The molecule has 1 aromatic heterocycles. The summed E-state index contributed by atoms with van der Waals surface area (Å²) in [6.45, 7) is 0. The van der Waals surface area contributed by atoms with Crippen molar-refractivity contribution in [1.29, 1.82) is 0 Å². The normalized spacial score (nSPS) is 17.6. The summed E-state index contributed by atoms with van der Waals surface area (Å²) < 4.78 is 33.7. The van der Waals surface area contributed by atoms with Gasteiger partial charge in [-0.2, -0.15) is 0 Å². The molecular formula is C17H22N2O3S2. The van der Waals surface area contributed by atoms with Crippen LogP contribution in [0.5, 0.6) is 5.75 Å². The lowest BCUT2D eigenvalue weighted by atomic mass is 9.86. The molecule has 0 spiro atoms. The van der Waals surface area contributed by atoms with Gasteiger partial charge in [-0.3, -0.25) is 4.72 Å². The number of ether oxygens (including phenoxy) is 1. The zero-order valence-electron chi connectivity index (χ0n) is 14.1. The SMILES string of the molecule is COc1ccc(NS(=O)(=O)c2cccs2)c2c1CC(N(C)C)CC2. The van der Waals surface area contributed by atoms with Crippen molar-refractivity contribution in [2.24, 2.45) is 0 Å². The molecular weight excluding hydrogens is 344 g/mol. The fourth-order valence-corrected chi connectivity index (χ4v) is 5.25. The summed E-state index contributed by atoms with van der Waals surface area (Å²) in [7, 11) is 2.27. The lowest BCUT2D eigenvalue weighted by Crippen LogP contribution is -2.34. The molecule has 2 aromatic rings. The lowest BCUT2D eigenvalue weighted by molar-refractivity contribution is 0.265. The molecule has 1 atom stereocenters. The Labute approximate surface area is 147 Å². The number of benzene rings is 1. The minimum absolute atomic E-state index is 0.328. The highest BCUT2D eigenvalue weighted by molar-refractivity contribution is 7.94. The Morgan fingerprint density at radius 3 is 2.67 bits per heavy atom. The van der Waals surface area contributed by atoms with Gasteiger partial charge in [0.2, 0.25) is 0 Å². The number of methoxy groups -OCH3 is 1. The molecule has 5 nitrogen and oxygen atoms in total. The zero-order chi connectivity index (χ0) is 17.3. The monoisotopic (exact) mass is 366 g/mol.